The van der Waals surface area contributed by atoms with Crippen LogP contribution in [0.3, 0.4) is 0 Å². The number of esters is 1. The number of benzene rings is 2. The van der Waals surface area contributed by atoms with Crippen molar-refractivity contribution in [2.24, 2.45) is 0 Å². The largest absolute Gasteiger partial charge is 0.482 e. The van der Waals surface area contributed by atoms with Gasteiger partial charge in [-0.1, -0.05) is 39.7 Å². The van der Waals surface area contributed by atoms with E-state index in [4.69, 9.17) is 21.1 Å². The second-order valence-corrected chi connectivity index (χ2v) is 4.97. The molecule has 0 N–H and O–H groups in total. The molecule has 0 atom stereocenters. The third-order valence-electron chi connectivity index (χ3n) is 2.23. The molecule has 0 aromatic heterocycles. The Morgan fingerprint density at radius 1 is 1.11 bits per heavy atom. The van der Waals surface area contributed by atoms with Crippen LogP contribution >= 0.6 is 27.5 Å². The summed E-state index contributed by atoms with van der Waals surface area (Å²) in [7, 11) is 0. The molecule has 0 amide bonds. The minimum Gasteiger partial charge on any atom is -0.482 e. The predicted molar refractivity (Wildman–Crippen MR) is 76.7 cm³/mol. The maximum absolute atomic E-state index is 11.6. The van der Waals surface area contributed by atoms with Gasteiger partial charge in [0.25, 0.3) is 0 Å². The smallest absolute Gasteiger partial charge is 0.349 e. The van der Waals surface area contributed by atoms with E-state index in [1.807, 2.05) is 12.1 Å². The summed E-state index contributed by atoms with van der Waals surface area (Å²) in [6.07, 6.45) is 0. The Morgan fingerprint density at radius 2 is 1.79 bits per heavy atom. The number of carbonyl (C=O) groups excluding carboxylic acids is 1. The summed E-state index contributed by atoms with van der Waals surface area (Å²) < 4.78 is 11.3. The summed E-state index contributed by atoms with van der Waals surface area (Å²) in [4.78, 5) is 11.6. The minimum absolute atomic E-state index is 0.174. The lowest BCUT2D eigenvalue weighted by Crippen LogP contribution is -2.17. The Balaban J connectivity index is 1.88. The van der Waals surface area contributed by atoms with Crippen LogP contribution in [-0.4, -0.2) is 12.6 Å². The lowest BCUT2D eigenvalue weighted by atomic mass is 10.3. The van der Waals surface area contributed by atoms with Crippen LogP contribution in [0.25, 0.3) is 0 Å². The molecule has 19 heavy (non-hydrogen) atoms. The van der Waals surface area contributed by atoms with Crippen LogP contribution in [0.5, 0.6) is 11.5 Å². The van der Waals surface area contributed by atoms with Crippen LogP contribution < -0.4 is 9.47 Å². The lowest BCUT2D eigenvalue weighted by Gasteiger charge is -2.07. The molecule has 0 radical (unpaired) electrons. The first-order valence-electron chi connectivity index (χ1n) is 5.49. The molecule has 3 nitrogen and oxygen atoms in total. The molecule has 0 saturated carbocycles. The van der Waals surface area contributed by atoms with Gasteiger partial charge in [0, 0.05) is 4.47 Å². The fourth-order valence-corrected chi connectivity index (χ4v) is 1.79. The molecule has 0 fully saturated rings. The van der Waals surface area contributed by atoms with E-state index in [2.05, 4.69) is 15.9 Å². The van der Waals surface area contributed by atoms with Gasteiger partial charge in [0.05, 0.1) is 5.02 Å². The van der Waals surface area contributed by atoms with E-state index >= 15 is 0 Å². The molecular weight excluding hydrogens is 332 g/mol. The van der Waals surface area contributed by atoms with Crippen molar-refractivity contribution in [3.05, 3.63) is 58.0 Å². The maximum Gasteiger partial charge on any atom is 0.349 e. The molecule has 98 valence electrons. The minimum atomic E-state index is -0.504. The Labute approximate surface area is 124 Å². The van der Waals surface area contributed by atoms with E-state index in [9.17, 15) is 4.79 Å². The van der Waals surface area contributed by atoms with E-state index < -0.39 is 5.97 Å². The van der Waals surface area contributed by atoms with Crippen molar-refractivity contribution in [3.63, 3.8) is 0 Å². The number of hydrogen-bond donors (Lipinski definition) is 0. The second-order valence-electron chi connectivity index (χ2n) is 3.65. The summed E-state index contributed by atoms with van der Waals surface area (Å²) in [5.41, 5.74) is 0. The number of carbonyl (C=O) groups is 1. The summed E-state index contributed by atoms with van der Waals surface area (Å²) in [5, 5.41) is 0.388. The third kappa shape index (κ3) is 4.26. The monoisotopic (exact) mass is 340 g/mol. The standard InChI is InChI=1S/C14H10BrClO3/c15-10-5-7-11(8-6-10)18-9-14(17)19-13-4-2-1-3-12(13)16/h1-8H,9H2. The summed E-state index contributed by atoms with van der Waals surface area (Å²) in [5.74, 6) is 0.420. The molecule has 0 aliphatic heterocycles. The molecule has 0 heterocycles. The quantitative estimate of drug-likeness (QED) is 0.621. The molecule has 0 bridgehead atoms. The first-order chi connectivity index (χ1) is 9.15. The topological polar surface area (TPSA) is 35.5 Å². The van der Waals surface area contributed by atoms with Crippen LogP contribution in [0.2, 0.25) is 5.02 Å². The van der Waals surface area contributed by atoms with Gasteiger partial charge < -0.3 is 9.47 Å². The molecule has 0 unspecified atom stereocenters. The van der Waals surface area contributed by atoms with E-state index in [0.29, 0.717) is 16.5 Å². The van der Waals surface area contributed by atoms with E-state index in [1.165, 1.54) is 0 Å². The first-order valence-corrected chi connectivity index (χ1v) is 6.66. The van der Waals surface area contributed by atoms with Gasteiger partial charge >= 0.3 is 5.97 Å². The zero-order valence-corrected chi connectivity index (χ0v) is 12.1. The average molecular weight is 342 g/mol. The number of hydrogen-bond acceptors (Lipinski definition) is 3. The zero-order chi connectivity index (χ0) is 13.7. The van der Waals surface area contributed by atoms with Crippen LogP contribution in [-0.2, 0) is 4.79 Å². The van der Waals surface area contributed by atoms with Crippen molar-refractivity contribution in [2.45, 2.75) is 0 Å². The van der Waals surface area contributed by atoms with Gasteiger partial charge in [-0.3, -0.25) is 0 Å². The number of rotatable bonds is 4. The Bertz CT molecular complexity index is 569. The van der Waals surface area contributed by atoms with Crippen LogP contribution in [0.1, 0.15) is 0 Å². The number of halogens is 2. The molecule has 0 aliphatic carbocycles. The third-order valence-corrected chi connectivity index (χ3v) is 3.07. The summed E-state index contributed by atoms with van der Waals surface area (Å²) in [6.45, 7) is -0.174. The molecule has 2 rings (SSSR count). The Hall–Kier alpha value is -1.52. The van der Waals surface area contributed by atoms with Gasteiger partial charge in [0.1, 0.15) is 11.5 Å². The average Bonchev–Trinajstić information content (AvgIpc) is 2.41. The predicted octanol–water partition coefficient (Wildman–Crippen LogP) is 4.09. The highest BCUT2D eigenvalue weighted by Gasteiger charge is 2.08. The van der Waals surface area contributed by atoms with E-state index in [-0.39, 0.29) is 6.61 Å². The SMILES string of the molecule is O=C(COc1ccc(Br)cc1)Oc1ccccc1Cl. The zero-order valence-electron chi connectivity index (χ0n) is 9.81. The molecule has 5 heteroatoms. The Morgan fingerprint density at radius 3 is 2.47 bits per heavy atom. The van der Waals surface area contributed by atoms with E-state index in [0.717, 1.165) is 4.47 Å². The summed E-state index contributed by atoms with van der Waals surface area (Å²) in [6, 6.07) is 13.9. The van der Waals surface area contributed by atoms with Gasteiger partial charge in [-0.05, 0) is 36.4 Å². The van der Waals surface area contributed by atoms with Gasteiger partial charge in [-0.2, -0.15) is 0 Å². The van der Waals surface area contributed by atoms with Gasteiger partial charge in [0.15, 0.2) is 6.61 Å². The fourth-order valence-electron chi connectivity index (χ4n) is 1.35. The molecule has 2 aromatic rings. The molecule has 2 aromatic carbocycles. The van der Waals surface area contributed by atoms with Crippen LogP contribution in [0, 0.1) is 0 Å². The van der Waals surface area contributed by atoms with Crippen molar-refractivity contribution >= 4 is 33.5 Å². The van der Waals surface area contributed by atoms with Crippen molar-refractivity contribution in [1.29, 1.82) is 0 Å². The maximum atomic E-state index is 11.6. The van der Waals surface area contributed by atoms with Gasteiger partial charge in [0.2, 0.25) is 0 Å². The molecule has 0 spiro atoms. The Kier molecular flexibility index (Phi) is 4.82. The fraction of sp³-hybridized carbons (Fsp3) is 0.0714. The van der Waals surface area contributed by atoms with Crippen molar-refractivity contribution in [2.75, 3.05) is 6.61 Å². The van der Waals surface area contributed by atoms with Crippen molar-refractivity contribution in [1.82, 2.24) is 0 Å². The highest BCUT2D eigenvalue weighted by molar-refractivity contribution is 9.10. The molecule has 0 aliphatic rings. The van der Waals surface area contributed by atoms with Crippen LogP contribution in [0.4, 0.5) is 0 Å². The molecule has 0 saturated heterocycles. The highest BCUT2D eigenvalue weighted by Crippen LogP contribution is 2.23. The number of ether oxygens (including phenoxy) is 2. The van der Waals surface area contributed by atoms with Crippen molar-refractivity contribution < 1.29 is 14.3 Å². The van der Waals surface area contributed by atoms with Gasteiger partial charge in [-0.25, -0.2) is 4.79 Å². The first kappa shape index (κ1) is 13.9. The van der Waals surface area contributed by atoms with Crippen LogP contribution in [0.15, 0.2) is 53.0 Å². The highest BCUT2D eigenvalue weighted by atomic mass is 79.9. The lowest BCUT2D eigenvalue weighted by molar-refractivity contribution is -0.136. The van der Waals surface area contributed by atoms with Crippen molar-refractivity contribution in [3.8, 4) is 11.5 Å². The molecular formula is C14H10BrClO3. The van der Waals surface area contributed by atoms with Gasteiger partial charge in [-0.15, -0.1) is 0 Å². The summed E-state index contributed by atoms with van der Waals surface area (Å²) >= 11 is 9.20. The second kappa shape index (κ2) is 6.59. The van der Waals surface area contributed by atoms with E-state index in [1.54, 1.807) is 36.4 Å². The number of para-hydroxylation sites is 1. The normalized spacial score (nSPS) is 10.0.